The Morgan fingerprint density at radius 1 is 1.22 bits per heavy atom. The number of halogens is 1. The molecule has 3 heterocycles. The molecule has 23 heavy (non-hydrogen) atoms. The quantitative estimate of drug-likeness (QED) is 0.714. The van der Waals surface area contributed by atoms with Crippen LogP contribution in [0, 0.1) is 5.82 Å². The lowest BCUT2D eigenvalue weighted by atomic mass is 10.1. The van der Waals surface area contributed by atoms with Crippen LogP contribution < -0.4 is 9.64 Å². The van der Waals surface area contributed by atoms with Gasteiger partial charge in [-0.3, -0.25) is 0 Å². The molecule has 0 spiro atoms. The monoisotopic (exact) mass is 317 g/mol. The fourth-order valence-electron chi connectivity index (χ4n) is 2.98. The largest absolute Gasteiger partial charge is 0.494 e. The molecule has 0 aliphatic carbocycles. The number of anilines is 1. The van der Waals surface area contributed by atoms with Gasteiger partial charge in [0.05, 0.1) is 31.9 Å². The average molecular weight is 317 g/mol. The van der Waals surface area contributed by atoms with E-state index in [0.717, 1.165) is 5.39 Å². The number of hydrogen-bond acceptors (Lipinski definition) is 6. The second kappa shape index (κ2) is 5.31. The summed E-state index contributed by atoms with van der Waals surface area (Å²) in [6.45, 7) is 2.35. The van der Waals surface area contributed by atoms with E-state index in [1.807, 2.05) is 11.0 Å². The molecule has 1 fully saturated rings. The van der Waals surface area contributed by atoms with E-state index in [1.165, 1.54) is 0 Å². The van der Waals surface area contributed by atoms with Gasteiger partial charge in [-0.05, 0) is 6.07 Å². The molecule has 1 aliphatic heterocycles. The van der Waals surface area contributed by atoms with Gasteiger partial charge in [0.25, 0.3) is 0 Å². The molecule has 2 aromatic heterocycles. The van der Waals surface area contributed by atoms with Gasteiger partial charge in [0.2, 0.25) is 0 Å². The molecule has 8 heteroatoms. The molecular weight excluding hydrogens is 301 g/mol. The molecule has 1 aliphatic rings. The number of hydrogen-bond donors (Lipinski definition) is 0. The maximum Gasteiger partial charge on any atom is 0.180 e. The number of aryl methyl sites for hydroxylation is 1. The molecule has 3 aromatic rings. The topological polar surface area (TPSA) is 65.3 Å². The first kappa shape index (κ1) is 14.1. The van der Waals surface area contributed by atoms with Crippen molar-refractivity contribution in [1.29, 1.82) is 0 Å². The number of nitrogens with zero attached hydrogens (tertiary/aromatic N) is 5. The molecule has 0 amide bonds. The highest BCUT2D eigenvalue weighted by Gasteiger charge is 2.24. The number of aromatic nitrogens is 4. The zero-order valence-electron chi connectivity index (χ0n) is 12.9. The van der Waals surface area contributed by atoms with E-state index >= 15 is 4.39 Å². The van der Waals surface area contributed by atoms with Gasteiger partial charge >= 0.3 is 0 Å². The van der Waals surface area contributed by atoms with Crippen molar-refractivity contribution in [3.8, 4) is 5.75 Å². The van der Waals surface area contributed by atoms with E-state index in [4.69, 9.17) is 9.47 Å². The molecule has 120 valence electrons. The SMILES string of the molecule is COc1cc2c(nnc3c2cnn3C)c(F)c1N1CCOCC1. The van der Waals surface area contributed by atoms with Gasteiger partial charge in [-0.2, -0.15) is 5.10 Å². The predicted octanol–water partition coefficient (Wildman–Crippen LogP) is 1.50. The van der Waals surface area contributed by atoms with Crippen molar-refractivity contribution in [2.45, 2.75) is 0 Å². The van der Waals surface area contributed by atoms with Gasteiger partial charge < -0.3 is 14.4 Å². The molecule has 0 radical (unpaired) electrons. The second-order valence-electron chi connectivity index (χ2n) is 5.44. The van der Waals surface area contributed by atoms with Crippen LogP contribution in [0.4, 0.5) is 10.1 Å². The normalized spacial score (nSPS) is 15.5. The van der Waals surface area contributed by atoms with Crippen LogP contribution in [-0.4, -0.2) is 53.4 Å². The van der Waals surface area contributed by atoms with Gasteiger partial charge in [0.1, 0.15) is 17.0 Å². The first-order chi connectivity index (χ1) is 11.2. The van der Waals surface area contributed by atoms with Crippen LogP contribution in [0.15, 0.2) is 12.3 Å². The van der Waals surface area contributed by atoms with Gasteiger partial charge in [0.15, 0.2) is 11.5 Å². The number of fused-ring (bicyclic) bond motifs is 3. The summed E-state index contributed by atoms with van der Waals surface area (Å²) in [5, 5.41) is 13.7. The van der Waals surface area contributed by atoms with E-state index < -0.39 is 5.82 Å². The average Bonchev–Trinajstić information content (AvgIpc) is 2.97. The fraction of sp³-hybridized carbons (Fsp3) is 0.400. The number of ether oxygens (including phenoxy) is 2. The molecule has 0 N–H and O–H groups in total. The summed E-state index contributed by atoms with van der Waals surface area (Å²) in [4.78, 5) is 1.92. The van der Waals surface area contributed by atoms with Crippen molar-refractivity contribution in [3.05, 3.63) is 18.1 Å². The number of benzene rings is 1. The second-order valence-corrected chi connectivity index (χ2v) is 5.44. The van der Waals surface area contributed by atoms with Crippen LogP contribution in [0.5, 0.6) is 5.75 Å². The minimum atomic E-state index is -0.417. The smallest absolute Gasteiger partial charge is 0.180 e. The van der Waals surface area contributed by atoms with Crippen LogP contribution in [0.1, 0.15) is 0 Å². The molecule has 0 unspecified atom stereocenters. The molecule has 1 aromatic carbocycles. The summed E-state index contributed by atoms with van der Waals surface area (Å²) < 4.78 is 27.5. The minimum Gasteiger partial charge on any atom is -0.494 e. The Labute approximate surface area is 131 Å². The third-order valence-electron chi connectivity index (χ3n) is 4.17. The van der Waals surface area contributed by atoms with Crippen LogP contribution in [-0.2, 0) is 11.8 Å². The molecular formula is C15H16FN5O2. The number of rotatable bonds is 2. The zero-order valence-corrected chi connectivity index (χ0v) is 12.9. The lowest BCUT2D eigenvalue weighted by molar-refractivity contribution is 0.122. The van der Waals surface area contributed by atoms with Crippen LogP contribution in [0.2, 0.25) is 0 Å². The standard InChI is InChI=1S/C15H16FN5O2/c1-20-15-10(8-17-20)9-7-11(22-2)14(12(16)13(9)18-19-15)21-3-5-23-6-4-21/h7-8H,3-6H2,1-2H3. The molecule has 7 nitrogen and oxygen atoms in total. The maximum atomic E-state index is 15.1. The van der Waals surface area contributed by atoms with E-state index in [0.29, 0.717) is 48.8 Å². The fourth-order valence-corrected chi connectivity index (χ4v) is 2.98. The van der Waals surface area contributed by atoms with E-state index in [1.54, 1.807) is 25.0 Å². The Bertz CT molecular complexity index is 889. The van der Waals surface area contributed by atoms with E-state index in [9.17, 15) is 0 Å². The Kier molecular flexibility index (Phi) is 3.26. The first-order valence-electron chi connectivity index (χ1n) is 7.38. The summed E-state index contributed by atoms with van der Waals surface area (Å²) in [6, 6.07) is 1.81. The first-order valence-corrected chi connectivity index (χ1v) is 7.38. The lowest BCUT2D eigenvalue weighted by Gasteiger charge is -2.30. The molecule has 1 saturated heterocycles. The molecule has 0 bridgehead atoms. The van der Waals surface area contributed by atoms with Crippen LogP contribution in [0.3, 0.4) is 0 Å². The molecule has 0 saturated carbocycles. The van der Waals surface area contributed by atoms with Gasteiger partial charge in [-0.15, -0.1) is 10.2 Å². The third kappa shape index (κ3) is 2.09. The van der Waals surface area contributed by atoms with Crippen molar-refractivity contribution in [3.63, 3.8) is 0 Å². The zero-order chi connectivity index (χ0) is 16.0. The van der Waals surface area contributed by atoms with Gasteiger partial charge in [-0.25, -0.2) is 9.07 Å². The highest BCUT2D eigenvalue weighted by atomic mass is 19.1. The van der Waals surface area contributed by atoms with Crippen molar-refractivity contribution >= 4 is 27.6 Å². The number of morpholine rings is 1. The Hall–Kier alpha value is -2.48. The third-order valence-corrected chi connectivity index (χ3v) is 4.17. The molecule has 4 rings (SSSR count). The number of methoxy groups -OCH3 is 1. The summed E-state index contributed by atoms with van der Waals surface area (Å²) in [7, 11) is 3.32. The highest BCUT2D eigenvalue weighted by Crippen LogP contribution is 2.38. The van der Waals surface area contributed by atoms with Gasteiger partial charge in [-0.1, -0.05) is 0 Å². The van der Waals surface area contributed by atoms with Crippen molar-refractivity contribution < 1.29 is 13.9 Å². The molecule has 0 atom stereocenters. The highest BCUT2D eigenvalue weighted by molar-refractivity contribution is 6.04. The summed E-state index contributed by atoms with van der Waals surface area (Å²) in [6.07, 6.45) is 1.67. The van der Waals surface area contributed by atoms with Gasteiger partial charge in [0, 0.05) is 25.5 Å². The van der Waals surface area contributed by atoms with Crippen molar-refractivity contribution in [1.82, 2.24) is 20.0 Å². The summed E-state index contributed by atoms with van der Waals surface area (Å²) in [5.74, 6) is 0.0644. The maximum absolute atomic E-state index is 15.1. The summed E-state index contributed by atoms with van der Waals surface area (Å²) >= 11 is 0. The van der Waals surface area contributed by atoms with E-state index in [2.05, 4.69) is 15.3 Å². The summed E-state index contributed by atoms with van der Waals surface area (Å²) in [5.41, 5.74) is 1.26. The Balaban J connectivity index is 2.00. The van der Waals surface area contributed by atoms with Crippen molar-refractivity contribution in [2.24, 2.45) is 7.05 Å². The van der Waals surface area contributed by atoms with Crippen LogP contribution >= 0.6 is 0 Å². The predicted molar refractivity (Wildman–Crippen MR) is 83.4 cm³/mol. The Morgan fingerprint density at radius 3 is 2.74 bits per heavy atom. The minimum absolute atomic E-state index is 0.229. The van der Waals surface area contributed by atoms with E-state index in [-0.39, 0.29) is 5.52 Å². The van der Waals surface area contributed by atoms with Crippen molar-refractivity contribution in [2.75, 3.05) is 38.3 Å². The lowest BCUT2D eigenvalue weighted by Crippen LogP contribution is -2.37. The Morgan fingerprint density at radius 2 is 2.00 bits per heavy atom. The van der Waals surface area contributed by atoms with Crippen LogP contribution in [0.25, 0.3) is 21.9 Å².